The van der Waals surface area contributed by atoms with Crippen molar-refractivity contribution in [1.29, 1.82) is 0 Å². The van der Waals surface area contributed by atoms with Gasteiger partial charge in [-0.25, -0.2) is 9.97 Å². The second-order valence-electron chi connectivity index (χ2n) is 2.51. The third kappa shape index (κ3) is 1.20. The molecule has 0 aliphatic rings. The Bertz CT molecular complexity index is 395. The predicted molar refractivity (Wildman–Crippen MR) is 52.2 cm³/mol. The largest absolute Gasteiger partial charge is 0.244 e. The molecular formula is C9H7BrN2. The van der Waals surface area contributed by atoms with Gasteiger partial charge in [0.2, 0.25) is 0 Å². The van der Waals surface area contributed by atoms with Crippen molar-refractivity contribution in [3.05, 3.63) is 36.3 Å². The zero-order valence-electron chi connectivity index (χ0n) is 6.37. The van der Waals surface area contributed by atoms with Crippen LogP contribution in [0.1, 0.15) is 5.56 Å². The molecule has 1 heterocycles. The van der Waals surface area contributed by atoms with Crippen molar-refractivity contribution in [2.24, 2.45) is 0 Å². The summed E-state index contributed by atoms with van der Waals surface area (Å²) in [4.78, 5) is 8.15. The molecule has 0 aliphatic heterocycles. The number of benzene rings is 1. The number of hydrogen-bond donors (Lipinski definition) is 0. The first kappa shape index (κ1) is 7.68. The van der Waals surface area contributed by atoms with E-state index in [0.29, 0.717) is 0 Å². The first-order valence-electron chi connectivity index (χ1n) is 3.65. The Balaban J connectivity index is 2.79. The monoisotopic (exact) mass is 222 g/mol. The average Bonchev–Trinajstić information content (AvgIpc) is 2.17. The van der Waals surface area contributed by atoms with Crippen molar-refractivity contribution < 1.29 is 0 Å². The van der Waals surface area contributed by atoms with Crippen molar-refractivity contribution in [3.63, 3.8) is 0 Å². The summed E-state index contributed by atoms with van der Waals surface area (Å²) >= 11 is 3.42. The lowest BCUT2D eigenvalue weighted by Crippen LogP contribution is -1.85. The van der Waals surface area contributed by atoms with Gasteiger partial charge < -0.3 is 0 Å². The van der Waals surface area contributed by atoms with Gasteiger partial charge in [-0.05, 0) is 11.6 Å². The van der Waals surface area contributed by atoms with E-state index >= 15 is 0 Å². The number of hydrogen-bond acceptors (Lipinski definition) is 2. The van der Waals surface area contributed by atoms with E-state index in [1.54, 1.807) is 6.33 Å². The fourth-order valence-corrected chi connectivity index (χ4v) is 1.67. The lowest BCUT2D eigenvalue weighted by molar-refractivity contribution is 1.21. The summed E-state index contributed by atoms with van der Waals surface area (Å²) in [7, 11) is 0. The SMILES string of the molecule is BrCc1cccc2ncncc12. The summed E-state index contributed by atoms with van der Waals surface area (Å²) in [5.41, 5.74) is 2.23. The van der Waals surface area contributed by atoms with Crippen LogP contribution in [0.4, 0.5) is 0 Å². The number of aromatic nitrogens is 2. The van der Waals surface area contributed by atoms with Gasteiger partial charge in [-0.3, -0.25) is 0 Å². The molecule has 60 valence electrons. The Morgan fingerprint density at radius 1 is 1.33 bits per heavy atom. The minimum Gasteiger partial charge on any atom is -0.244 e. The molecular weight excluding hydrogens is 216 g/mol. The van der Waals surface area contributed by atoms with Crippen LogP contribution in [0.5, 0.6) is 0 Å². The van der Waals surface area contributed by atoms with Gasteiger partial charge in [0.1, 0.15) is 6.33 Å². The number of halogens is 1. The van der Waals surface area contributed by atoms with Gasteiger partial charge >= 0.3 is 0 Å². The molecule has 2 aromatic rings. The van der Waals surface area contributed by atoms with Crippen LogP contribution >= 0.6 is 15.9 Å². The fourth-order valence-electron chi connectivity index (χ4n) is 1.18. The molecule has 12 heavy (non-hydrogen) atoms. The highest BCUT2D eigenvalue weighted by molar-refractivity contribution is 9.08. The van der Waals surface area contributed by atoms with Crippen molar-refractivity contribution in [3.8, 4) is 0 Å². The van der Waals surface area contributed by atoms with Crippen molar-refractivity contribution in [2.45, 2.75) is 5.33 Å². The van der Waals surface area contributed by atoms with Crippen LogP contribution in [0.2, 0.25) is 0 Å². The van der Waals surface area contributed by atoms with Gasteiger partial charge in [0, 0.05) is 16.9 Å². The quantitative estimate of drug-likeness (QED) is 0.694. The summed E-state index contributed by atoms with van der Waals surface area (Å²) in [6.07, 6.45) is 3.42. The molecule has 0 saturated carbocycles. The van der Waals surface area contributed by atoms with Crippen LogP contribution in [0, 0.1) is 0 Å². The molecule has 0 spiro atoms. The minimum absolute atomic E-state index is 0.845. The highest BCUT2D eigenvalue weighted by atomic mass is 79.9. The fraction of sp³-hybridized carbons (Fsp3) is 0.111. The topological polar surface area (TPSA) is 25.8 Å². The van der Waals surface area contributed by atoms with Gasteiger partial charge in [-0.1, -0.05) is 28.1 Å². The molecule has 0 fully saturated rings. The van der Waals surface area contributed by atoms with Gasteiger partial charge in [0.25, 0.3) is 0 Å². The number of alkyl halides is 1. The lowest BCUT2D eigenvalue weighted by Gasteiger charge is -1.99. The Labute approximate surface area is 78.8 Å². The second kappa shape index (κ2) is 3.19. The molecule has 0 aliphatic carbocycles. The van der Waals surface area contributed by atoms with Crippen LogP contribution in [0.3, 0.4) is 0 Å². The average molecular weight is 223 g/mol. The van der Waals surface area contributed by atoms with E-state index in [0.717, 1.165) is 16.2 Å². The summed E-state index contributed by atoms with van der Waals surface area (Å²) < 4.78 is 0. The van der Waals surface area contributed by atoms with Gasteiger partial charge in [-0.15, -0.1) is 0 Å². The molecule has 0 radical (unpaired) electrons. The second-order valence-corrected chi connectivity index (χ2v) is 3.07. The molecule has 0 unspecified atom stereocenters. The highest BCUT2D eigenvalue weighted by Crippen LogP contribution is 2.17. The van der Waals surface area contributed by atoms with E-state index in [1.165, 1.54) is 5.56 Å². The minimum atomic E-state index is 0.845. The van der Waals surface area contributed by atoms with Crippen molar-refractivity contribution >= 4 is 26.8 Å². The standard InChI is InChI=1S/C9H7BrN2/c10-4-7-2-1-3-9-8(7)5-11-6-12-9/h1-3,5-6H,4H2. The zero-order chi connectivity index (χ0) is 8.39. The molecule has 0 saturated heterocycles. The number of fused-ring (bicyclic) bond motifs is 1. The Morgan fingerprint density at radius 3 is 3.08 bits per heavy atom. The predicted octanol–water partition coefficient (Wildman–Crippen LogP) is 2.52. The molecule has 0 N–H and O–H groups in total. The maximum atomic E-state index is 4.16. The molecule has 0 atom stereocenters. The maximum Gasteiger partial charge on any atom is 0.116 e. The summed E-state index contributed by atoms with van der Waals surface area (Å²) in [5.74, 6) is 0. The van der Waals surface area contributed by atoms with E-state index in [9.17, 15) is 0 Å². The van der Waals surface area contributed by atoms with Crippen molar-refractivity contribution in [2.75, 3.05) is 0 Å². The summed E-state index contributed by atoms with van der Waals surface area (Å²) in [5, 5.41) is 1.97. The van der Waals surface area contributed by atoms with E-state index < -0.39 is 0 Å². The molecule has 2 nitrogen and oxygen atoms in total. The van der Waals surface area contributed by atoms with Crippen LogP contribution in [-0.4, -0.2) is 9.97 Å². The molecule has 0 bridgehead atoms. The first-order valence-corrected chi connectivity index (χ1v) is 4.77. The van der Waals surface area contributed by atoms with Gasteiger partial charge in [0.05, 0.1) is 5.52 Å². The first-order chi connectivity index (χ1) is 5.92. The Kier molecular flexibility index (Phi) is 2.04. The Morgan fingerprint density at radius 2 is 2.25 bits per heavy atom. The summed E-state index contributed by atoms with van der Waals surface area (Å²) in [6.45, 7) is 0. The maximum absolute atomic E-state index is 4.16. The van der Waals surface area contributed by atoms with E-state index in [2.05, 4.69) is 32.0 Å². The molecule has 3 heteroatoms. The third-order valence-electron chi connectivity index (χ3n) is 1.78. The van der Waals surface area contributed by atoms with Crippen LogP contribution in [0.25, 0.3) is 10.9 Å². The number of rotatable bonds is 1. The molecule has 0 amide bonds. The third-order valence-corrected chi connectivity index (χ3v) is 2.39. The van der Waals surface area contributed by atoms with E-state index in [-0.39, 0.29) is 0 Å². The highest BCUT2D eigenvalue weighted by Gasteiger charge is 1.98. The number of nitrogens with zero attached hydrogens (tertiary/aromatic N) is 2. The van der Waals surface area contributed by atoms with E-state index in [4.69, 9.17) is 0 Å². The zero-order valence-corrected chi connectivity index (χ0v) is 7.95. The molecule has 1 aromatic carbocycles. The Hall–Kier alpha value is -0.960. The van der Waals surface area contributed by atoms with Crippen LogP contribution < -0.4 is 0 Å². The molecule has 2 rings (SSSR count). The van der Waals surface area contributed by atoms with Crippen LogP contribution in [0.15, 0.2) is 30.7 Å². The lowest BCUT2D eigenvalue weighted by atomic mass is 10.1. The van der Waals surface area contributed by atoms with Crippen molar-refractivity contribution in [1.82, 2.24) is 9.97 Å². The smallest absolute Gasteiger partial charge is 0.116 e. The normalized spacial score (nSPS) is 10.4. The molecule has 1 aromatic heterocycles. The van der Waals surface area contributed by atoms with Crippen LogP contribution in [-0.2, 0) is 5.33 Å². The van der Waals surface area contributed by atoms with Gasteiger partial charge in [-0.2, -0.15) is 0 Å². The van der Waals surface area contributed by atoms with Gasteiger partial charge in [0.15, 0.2) is 0 Å². The summed E-state index contributed by atoms with van der Waals surface area (Å²) in [6, 6.07) is 6.07. The van der Waals surface area contributed by atoms with E-state index in [1.807, 2.05) is 18.3 Å².